The van der Waals surface area contributed by atoms with Crippen molar-refractivity contribution in [3.8, 4) is 0 Å². The molecule has 0 saturated heterocycles. The van der Waals surface area contributed by atoms with Gasteiger partial charge in [0.25, 0.3) is 0 Å². The first-order valence-electron chi connectivity index (χ1n) is 6.12. The molecular weight excluding hydrogens is 266 g/mol. The second kappa shape index (κ2) is 7.08. The number of likely N-dealkylation sites (N-methyl/N-ethyl adjacent to an activating group) is 1. The van der Waals surface area contributed by atoms with Crippen molar-refractivity contribution in [1.29, 1.82) is 0 Å². The monoisotopic (exact) mass is 285 g/mol. The first kappa shape index (κ1) is 15.4. The van der Waals surface area contributed by atoms with E-state index in [4.69, 9.17) is 4.74 Å². The molecule has 0 saturated carbocycles. The van der Waals surface area contributed by atoms with Crippen LogP contribution in [0.3, 0.4) is 0 Å². The molecule has 19 heavy (non-hydrogen) atoms. The van der Waals surface area contributed by atoms with Crippen LogP contribution in [0.2, 0.25) is 0 Å². The van der Waals surface area contributed by atoms with Crippen LogP contribution in [-0.4, -0.2) is 47.9 Å². The lowest BCUT2D eigenvalue weighted by Crippen LogP contribution is -2.32. The van der Waals surface area contributed by atoms with Crippen LogP contribution in [0, 0.1) is 6.92 Å². The Balaban J connectivity index is 2.74. The van der Waals surface area contributed by atoms with Crippen molar-refractivity contribution in [3.63, 3.8) is 0 Å². The summed E-state index contributed by atoms with van der Waals surface area (Å²) < 4.78 is 9.09. The number of carbonyl (C=O) groups is 2. The highest BCUT2D eigenvalue weighted by Crippen LogP contribution is 2.25. The topological polar surface area (TPSA) is 71.5 Å². The van der Waals surface area contributed by atoms with E-state index in [0.717, 1.165) is 11.5 Å². The van der Waals surface area contributed by atoms with E-state index in [0.29, 0.717) is 29.4 Å². The van der Waals surface area contributed by atoms with E-state index in [-0.39, 0.29) is 12.5 Å². The number of carbonyl (C=O) groups excluding carboxylic acids is 2. The average molecular weight is 285 g/mol. The molecule has 0 aliphatic heterocycles. The van der Waals surface area contributed by atoms with Crippen molar-refractivity contribution in [1.82, 2.24) is 9.27 Å². The highest BCUT2D eigenvalue weighted by molar-refractivity contribution is 7.10. The van der Waals surface area contributed by atoms with Gasteiger partial charge >= 0.3 is 5.97 Å². The van der Waals surface area contributed by atoms with E-state index in [2.05, 4.69) is 9.69 Å². The number of aryl methyl sites for hydroxylation is 1. The molecule has 0 aromatic carbocycles. The lowest BCUT2D eigenvalue weighted by molar-refractivity contribution is -0.127. The van der Waals surface area contributed by atoms with Gasteiger partial charge in [-0.2, -0.15) is 4.37 Å². The molecule has 1 amide bonds. The summed E-state index contributed by atoms with van der Waals surface area (Å²) in [5.41, 5.74) is 1.03. The van der Waals surface area contributed by atoms with E-state index < -0.39 is 5.97 Å². The number of anilines is 1. The number of rotatable bonds is 6. The van der Waals surface area contributed by atoms with E-state index in [9.17, 15) is 9.59 Å². The van der Waals surface area contributed by atoms with Crippen LogP contribution in [0.25, 0.3) is 0 Å². The molecule has 0 radical (unpaired) electrons. The first-order valence-corrected chi connectivity index (χ1v) is 6.89. The summed E-state index contributed by atoms with van der Waals surface area (Å²) in [5.74, 6) is -0.448. The second-order valence-corrected chi connectivity index (χ2v) is 4.73. The van der Waals surface area contributed by atoms with Gasteiger partial charge in [-0.15, -0.1) is 0 Å². The Morgan fingerprint density at radius 3 is 2.68 bits per heavy atom. The summed E-state index contributed by atoms with van der Waals surface area (Å²) in [4.78, 5) is 25.1. The number of aromatic nitrogens is 1. The Labute approximate surface area is 116 Å². The Hall–Kier alpha value is -1.63. The summed E-state index contributed by atoms with van der Waals surface area (Å²) in [6, 6.07) is 0. The van der Waals surface area contributed by atoms with Crippen LogP contribution in [0.5, 0.6) is 0 Å². The Morgan fingerprint density at radius 2 is 2.11 bits per heavy atom. The third kappa shape index (κ3) is 3.92. The Morgan fingerprint density at radius 1 is 1.42 bits per heavy atom. The number of hydrogen-bond acceptors (Lipinski definition) is 6. The minimum atomic E-state index is -0.410. The lowest BCUT2D eigenvalue weighted by atomic mass is 10.2. The molecule has 0 aliphatic rings. The second-order valence-electron chi connectivity index (χ2n) is 3.95. The molecule has 0 unspecified atom stereocenters. The summed E-state index contributed by atoms with van der Waals surface area (Å²) in [7, 11) is 1.73. The van der Waals surface area contributed by atoms with Gasteiger partial charge in [-0.05, 0) is 32.3 Å². The van der Waals surface area contributed by atoms with Gasteiger partial charge in [0.15, 0.2) is 0 Å². The van der Waals surface area contributed by atoms with Gasteiger partial charge in [-0.1, -0.05) is 0 Å². The fourth-order valence-electron chi connectivity index (χ4n) is 1.40. The molecule has 0 bridgehead atoms. The molecule has 1 aromatic heterocycles. The average Bonchev–Trinajstić information content (AvgIpc) is 2.76. The van der Waals surface area contributed by atoms with Gasteiger partial charge in [0.1, 0.15) is 10.6 Å². The number of nitrogens with one attached hydrogen (secondary N) is 1. The minimum Gasteiger partial charge on any atom is -0.462 e. The molecule has 7 heteroatoms. The molecule has 0 fully saturated rings. The number of hydrogen-bond donors (Lipinski definition) is 1. The van der Waals surface area contributed by atoms with Gasteiger partial charge in [0, 0.05) is 13.6 Å². The highest BCUT2D eigenvalue weighted by atomic mass is 32.1. The maximum atomic E-state index is 11.8. The molecule has 6 nitrogen and oxygen atoms in total. The van der Waals surface area contributed by atoms with E-state index in [1.165, 1.54) is 0 Å². The zero-order chi connectivity index (χ0) is 14.4. The SMILES string of the molecule is CCOC(=O)c1c(C)nsc1NCC(=O)N(C)CC. The molecule has 0 atom stereocenters. The summed E-state index contributed by atoms with van der Waals surface area (Å²) in [6.07, 6.45) is 0. The summed E-state index contributed by atoms with van der Waals surface area (Å²) in [6.45, 7) is 6.49. The largest absolute Gasteiger partial charge is 0.462 e. The third-order valence-corrected chi connectivity index (χ3v) is 3.54. The zero-order valence-electron chi connectivity index (χ0n) is 11.6. The van der Waals surface area contributed by atoms with Crippen LogP contribution in [0.4, 0.5) is 5.00 Å². The highest BCUT2D eigenvalue weighted by Gasteiger charge is 2.20. The fourth-order valence-corrected chi connectivity index (χ4v) is 2.18. The van der Waals surface area contributed by atoms with E-state index in [1.54, 1.807) is 25.8 Å². The molecular formula is C12H19N3O3S. The predicted molar refractivity (Wildman–Crippen MR) is 74.6 cm³/mol. The number of amides is 1. The van der Waals surface area contributed by atoms with Crippen LogP contribution in [0.15, 0.2) is 0 Å². The number of ether oxygens (including phenoxy) is 1. The van der Waals surface area contributed by atoms with Gasteiger partial charge in [-0.3, -0.25) is 4.79 Å². The van der Waals surface area contributed by atoms with Gasteiger partial charge < -0.3 is 15.0 Å². The standard InChI is InChI=1S/C12H19N3O3S/c1-5-15(4)9(16)7-13-11-10(8(3)14-19-11)12(17)18-6-2/h13H,5-7H2,1-4H3. The Bertz CT molecular complexity index is 459. The molecule has 1 rings (SSSR count). The maximum Gasteiger partial charge on any atom is 0.343 e. The first-order chi connectivity index (χ1) is 9.01. The van der Waals surface area contributed by atoms with Crippen LogP contribution in [-0.2, 0) is 9.53 Å². The van der Waals surface area contributed by atoms with E-state index >= 15 is 0 Å². The molecule has 0 spiro atoms. The summed E-state index contributed by atoms with van der Waals surface area (Å²) in [5, 5.41) is 3.53. The van der Waals surface area contributed by atoms with Crippen molar-refractivity contribution in [3.05, 3.63) is 11.3 Å². The quantitative estimate of drug-likeness (QED) is 0.802. The van der Waals surface area contributed by atoms with Crippen molar-refractivity contribution in [2.45, 2.75) is 20.8 Å². The van der Waals surface area contributed by atoms with Crippen molar-refractivity contribution < 1.29 is 14.3 Å². The predicted octanol–water partition coefficient (Wildman–Crippen LogP) is 1.52. The smallest absolute Gasteiger partial charge is 0.343 e. The molecule has 0 aliphatic carbocycles. The Kier molecular flexibility index (Phi) is 5.75. The zero-order valence-corrected chi connectivity index (χ0v) is 12.5. The van der Waals surface area contributed by atoms with Gasteiger partial charge in [-0.25, -0.2) is 4.79 Å². The molecule has 106 valence electrons. The summed E-state index contributed by atoms with van der Waals surface area (Å²) >= 11 is 1.16. The van der Waals surface area contributed by atoms with Crippen LogP contribution >= 0.6 is 11.5 Å². The molecule has 1 aromatic rings. The maximum absolute atomic E-state index is 11.8. The van der Waals surface area contributed by atoms with Crippen LogP contribution < -0.4 is 5.32 Å². The molecule has 1 heterocycles. The van der Waals surface area contributed by atoms with Gasteiger partial charge in [0.05, 0.1) is 18.8 Å². The van der Waals surface area contributed by atoms with Gasteiger partial charge in [0.2, 0.25) is 5.91 Å². The van der Waals surface area contributed by atoms with E-state index in [1.807, 2.05) is 6.92 Å². The third-order valence-electron chi connectivity index (χ3n) is 2.64. The van der Waals surface area contributed by atoms with Crippen LogP contribution in [0.1, 0.15) is 29.9 Å². The van der Waals surface area contributed by atoms with Crippen molar-refractivity contribution in [2.75, 3.05) is 32.1 Å². The normalized spacial score (nSPS) is 10.1. The lowest BCUT2D eigenvalue weighted by Gasteiger charge is -2.14. The number of esters is 1. The number of nitrogens with zero attached hydrogens (tertiary/aromatic N) is 2. The van der Waals surface area contributed by atoms with Crippen molar-refractivity contribution >= 4 is 28.4 Å². The fraction of sp³-hybridized carbons (Fsp3) is 0.583. The van der Waals surface area contributed by atoms with Crippen molar-refractivity contribution in [2.24, 2.45) is 0 Å². The minimum absolute atomic E-state index is 0.0386. The molecule has 1 N–H and O–H groups in total.